The first-order valence-corrected chi connectivity index (χ1v) is 9.78. The predicted octanol–water partition coefficient (Wildman–Crippen LogP) is 2.89. The highest BCUT2D eigenvalue weighted by molar-refractivity contribution is 7.93. The van der Waals surface area contributed by atoms with Gasteiger partial charge >= 0.3 is 0 Å². The molecule has 0 fully saturated rings. The number of hydrogen-bond donors (Lipinski definition) is 1. The fourth-order valence-electron chi connectivity index (χ4n) is 2.57. The second-order valence-corrected chi connectivity index (χ2v) is 7.93. The summed E-state index contributed by atoms with van der Waals surface area (Å²) in [5.74, 6) is 1.41. The lowest BCUT2D eigenvalue weighted by molar-refractivity contribution is 0.356. The van der Waals surface area contributed by atoms with Crippen LogP contribution in [-0.4, -0.2) is 34.7 Å². The van der Waals surface area contributed by atoms with E-state index in [1.165, 1.54) is 6.33 Å². The monoisotopic (exact) mass is 372 g/mol. The Morgan fingerprint density at radius 1 is 1.12 bits per heavy atom. The molecule has 1 heterocycles. The Bertz CT molecular complexity index is 1080. The molecule has 0 amide bonds. The summed E-state index contributed by atoms with van der Waals surface area (Å²) in [6.45, 7) is 0.372. The third-order valence-electron chi connectivity index (χ3n) is 3.95. The van der Waals surface area contributed by atoms with E-state index < -0.39 is 9.73 Å². The SMILES string of the molecule is COc1cc2ncnc(N=S(C)(=O)c3cccc(CN)c3)c2cc1OC. The van der Waals surface area contributed by atoms with Gasteiger partial charge in [0.2, 0.25) is 0 Å². The standard InChI is InChI=1S/C18H20N4O3S/c1-24-16-8-14-15(9-17(16)25-2)20-11-21-18(14)22-26(3,23)13-6-4-5-12(7-13)10-19/h4-9,11H,10,19H2,1-3H3. The van der Waals surface area contributed by atoms with Gasteiger partial charge in [0, 0.05) is 29.1 Å². The van der Waals surface area contributed by atoms with E-state index in [4.69, 9.17) is 15.2 Å². The summed E-state index contributed by atoms with van der Waals surface area (Å²) in [5, 5.41) is 0.634. The first-order chi connectivity index (χ1) is 12.5. The van der Waals surface area contributed by atoms with Crippen LogP contribution < -0.4 is 15.2 Å². The van der Waals surface area contributed by atoms with Gasteiger partial charge in [-0.2, -0.15) is 4.36 Å². The largest absolute Gasteiger partial charge is 0.493 e. The van der Waals surface area contributed by atoms with Crippen LogP contribution in [0.4, 0.5) is 5.82 Å². The number of rotatable bonds is 5. The van der Waals surface area contributed by atoms with Gasteiger partial charge in [0.25, 0.3) is 0 Å². The van der Waals surface area contributed by atoms with Crippen LogP contribution in [-0.2, 0) is 16.3 Å². The number of nitrogens with zero attached hydrogens (tertiary/aromatic N) is 3. The summed E-state index contributed by atoms with van der Waals surface area (Å²) >= 11 is 0. The van der Waals surface area contributed by atoms with Gasteiger partial charge in [0.05, 0.1) is 29.5 Å². The van der Waals surface area contributed by atoms with Crippen molar-refractivity contribution in [1.29, 1.82) is 0 Å². The van der Waals surface area contributed by atoms with Gasteiger partial charge in [0.1, 0.15) is 6.33 Å². The Morgan fingerprint density at radius 2 is 1.85 bits per heavy atom. The number of nitrogens with two attached hydrogens (primary N) is 1. The summed E-state index contributed by atoms with van der Waals surface area (Å²) in [5.41, 5.74) is 7.20. The van der Waals surface area contributed by atoms with E-state index in [9.17, 15) is 4.21 Å². The fraction of sp³-hybridized carbons (Fsp3) is 0.222. The highest BCUT2D eigenvalue weighted by Crippen LogP contribution is 2.35. The average Bonchev–Trinajstić information content (AvgIpc) is 2.67. The third kappa shape index (κ3) is 3.47. The Kier molecular flexibility index (Phi) is 5.06. The van der Waals surface area contributed by atoms with Gasteiger partial charge < -0.3 is 15.2 Å². The van der Waals surface area contributed by atoms with E-state index in [-0.39, 0.29) is 0 Å². The zero-order chi connectivity index (χ0) is 18.7. The molecule has 0 saturated carbocycles. The van der Waals surface area contributed by atoms with Crippen LogP contribution in [0.15, 0.2) is 52.0 Å². The van der Waals surface area contributed by atoms with Crippen molar-refractivity contribution < 1.29 is 13.7 Å². The van der Waals surface area contributed by atoms with Gasteiger partial charge in [0.15, 0.2) is 17.3 Å². The second kappa shape index (κ2) is 7.27. The minimum Gasteiger partial charge on any atom is -0.493 e. The molecule has 7 nitrogen and oxygen atoms in total. The first-order valence-electron chi connectivity index (χ1n) is 7.86. The number of fused-ring (bicyclic) bond motifs is 1. The van der Waals surface area contributed by atoms with Gasteiger partial charge in [-0.1, -0.05) is 12.1 Å². The molecule has 1 unspecified atom stereocenters. The van der Waals surface area contributed by atoms with Gasteiger partial charge in [-0.15, -0.1) is 0 Å². The van der Waals surface area contributed by atoms with E-state index in [2.05, 4.69) is 14.3 Å². The Labute approximate surface area is 152 Å². The van der Waals surface area contributed by atoms with Crippen LogP contribution in [0, 0.1) is 0 Å². The average molecular weight is 372 g/mol. The molecule has 26 heavy (non-hydrogen) atoms. The number of aromatic nitrogens is 2. The maximum absolute atomic E-state index is 13.2. The molecule has 136 valence electrons. The molecule has 3 rings (SSSR count). The highest BCUT2D eigenvalue weighted by atomic mass is 32.2. The minimum atomic E-state index is -2.72. The normalized spacial score (nSPS) is 13.2. The molecule has 1 atom stereocenters. The van der Waals surface area contributed by atoms with E-state index in [0.717, 1.165) is 5.56 Å². The van der Waals surface area contributed by atoms with Crippen molar-refractivity contribution in [2.75, 3.05) is 20.5 Å². The Morgan fingerprint density at radius 3 is 2.54 bits per heavy atom. The zero-order valence-electron chi connectivity index (χ0n) is 14.8. The van der Waals surface area contributed by atoms with E-state index >= 15 is 0 Å². The molecular weight excluding hydrogens is 352 g/mol. The van der Waals surface area contributed by atoms with E-state index in [0.29, 0.717) is 39.7 Å². The molecule has 0 bridgehead atoms. The van der Waals surface area contributed by atoms with Crippen LogP contribution in [0.1, 0.15) is 5.56 Å². The zero-order valence-corrected chi connectivity index (χ0v) is 15.6. The topological polar surface area (TPSA) is 99.7 Å². The van der Waals surface area contributed by atoms with Crippen molar-refractivity contribution in [1.82, 2.24) is 9.97 Å². The van der Waals surface area contributed by atoms with Crippen molar-refractivity contribution in [2.24, 2.45) is 10.1 Å². The van der Waals surface area contributed by atoms with Crippen molar-refractivity contribution in [3.05, 3.63) is 48.3 Å². The molecule has 0 saturated heterocycles. The molecule has 0 aliphatic carbocycles. The van der Waals surface area contributed by atoms with Crippen LogP contribution >= 0.6 is 0 Å². The molecule has 1 aromatic heterocycles. The van der Waals surface area contributed by atoms with Gasteiger partial charge in [-0.3, -0.25) is 0 Å². The molecule has 0 spiro atoms. The molecule has 2 aromatic carbocycles. The summed E-state index contributed by atoms with van der Waals surface area (Å²) < 4.78 is 28.3. The van der Waals surface area contributed by atoms with E-state index in [1.54, 1.807) is 44.7 Å². The molecule has 3 aromatic rings. The van der Waals surface area contributed by atoms with Crippen LogP contribution in [0.3, 0.4) is 0 Å². The number of benzene rings is 2. The molecule has 2 N–H and O–H groups in total. The van der Waals surface area contributed by atoms with Gasteiger partial charge in [-0.05, 0) is 23.8 Å². The van der Waals surface area contributed by atoms with E-state index in [1.807, 2.05) is 12.1 Å². The fourth-order valence-corrected chi connectivity index (χ4v) is 3.85. The Hall–Kier alpha value is -2.71. The lowest BCUT2D eigenvalue weighted by Crippen LogP contribution is -2.01. The molecule has 0 aliphatic heterocycles. The first kappa shape index (κ1) is 18.1. The lowest BCUT2D eigenvalue weighted by atomic mass is 10.2. The minimum absolute atomic E-state index is 0.335. The van der Waals surface area contributed by atoms with Crippen molar-refractivity contribution in [3.63, 3.8) is 0 Å². The van der Waals surface area contributed by atoms with Crippen molar-refractivity contribution in [3.8, 4) is 11.5 Å². The summed E-state index contributed by atoms with van der Waals surface area (Å²) in [4.78, 5) is 9.06. The number of methoxy groups -OCH3 is 2. The van der Waals surface area contributed by atoms with Crippen molar-refractivity contribution in [2.45, 2.75) is 11.4 Å². The quantitative estimate of drug-likeness (QED) is 0.739. The van der Waals surface area contributed by atoms with Crippen molar-refractivity contribution >= 4 is 26.4 Å². The summed E-state index contributed by atoms with van der Waals surface area (Å²) in [6, 6.07) is 10.8. The summed E-state index contributed by atoms with van der Waals surface area (Å²) in [6.07, 6.45) is 2.97. The summed E-state index contributed by atoms with van der Waals surface area (Å²) in [7, 11) is 0.387. The second-order valence-electron chi connectivity index (χ2n) is 5.67. The smallest absolute Gasteiger partial charge is 0.173 e. The third-order valence-corrected chi connectivity index (χ3v) is 5.60. The maximum atomic E-state index is 13.2. The van der Waals surface area contributed by atoms with Crippen LogP contribution in [0.2, 0.25) is 0 Å². The number of ether oxygens (including phenoxy) is 2. The van der Waals surface area contributed by atoms with Gasteiger partial charge in [-0.25, -0.2) is 14.2 Å². The Balaban J connectivity index is 2.21. The lowest BCUT2D eigenvalue weighted by Gasteiger charge is -2.10. The molecule has 8 heteroatoms. The molecular formula is C18H20N4O3S. The van der Waals surface area contributed by atoms with Crippen LogP contribution in [0.5, 0.6) is 11.5 Å². The highest BCUT2D eigenvalue weighted by Gasteiger charge is 2.13. The molecule has 0 aliphatic rings. The van der Waals surface area contributed by atoms with Crippen LogP contribution in [0.25, 0.3) is 10.9 Å². The number of hydrogen-bond acceptors (Lipinski definition) is 7. The molecule has 0 radical (unpaired) electrons. The maximum Gasteiger partial charge on any atom is 0.173 e. The predicted molar refractivity (Wildman–Crippen MR) is 101 cm³/mol.